The van der Waals surface area contributed by atoms with Crippen LogP contribution in [0.1, 0.15) is 41.0 Å². The Morgan fingerprint density at radius 2 is 1.85 bits per heavy atom. The molecule has 0 aliphatic heterocycles. The Bertz CT molecular complexity index is 819. The average molecular weight is 364 g/mol. The van der Waals surface area contributed by atoms with Crippen LogP contribution < -0.4 is 11.1 Å². The number of aromatic nitrogens is 3. The SMILES string of the molecule is CC.CC.CCn1cc(NC2=CCC3C=CC=CC23)c2c(N)ncnc21.[B]. The van der Waals surface area contributed by atoms with Gasteiger partial charge in [0.15, 0.2) is 0 Å². The lowest BCUT2D eigenvalue weighted by Gasteiger charge is -2.20. The summed E-state index contributed by atoms with van der Waals surface area (Å²) in [7, 11) is 0. The van der Waals surface area contributed by atoms with Crippen LogP contribution in [-0.4, -0.2) is 22.9 Å². The van der Waals surface area contributed by atoms with E-state index in [1.54, 1.807) is 0 Å². The molecule has 2 atom stereocenters. The predicted molar refractivity (Wildman–Crippen MR) is 118 cm³/mol. The lowest BCUT2D eigenvalue weighted by atomic mass is 9.90. The van der Waals surface area contributed by atoms with Crippen molar-refractivity contribution < 1.29 is 0 Å². The lowest BCUT2D eigenvalue weighted by molar-refractivity contribution is 0.580. The summed E-state index contributed by atoms with van der Waals surface area (Å²) >= 11 is 0. The van der Waals surface area contributed by atoms with Crippen LogP contribution in [-0.2, 0) is 6.54 Å². The molecule has 0 saturated heterocycles. The van der Waals surface area contributed by atoms with Crippen molar-refractivity contribution in [1.82, 2.24) is 14.5 Å². The van der Waals surface area contributed by atoms with Crippen molar-refractivity contribution >= 4 is 31.0 Å². The van der Waals surface area contributed by atoms with Gasteiger partial charge in [-0.15, -0.1) is 0 Å². The van der Waals surface area contributed by atoms with Crippen molar-refractivity contribution in [1.29, 1.82) is 0 Å². The summed E-state index contributed by atoms with van der Waals surface area (Å²) in [6, 6.07) is 0. The van der Waals surface area contributed by atoms with Gasteiger partial charge in [-0.1, -0.05) is 58.1 Å². The van der Waals surface area contributed by atoms with Gasteiger partial charge in [0, 0.05) is 32.8 Å². The Hall–Kier alpha value is -2.50. The maximum atomic E-state index is 6.08. The minimum absolute atomic E-state index is 0. The molecule has 5 nitrogen and oxygen atoms in total. The standard InChI is InChI=1S/C17H19N5.2C2H6.B/c1-2-22-9-14(15-16(18)19-10-20-17(15)22)21-13-8-7-11-5-3-4-6-12(11)13;2*1-2;/h3-6,8-12,21H,2,7H2,1H3,(H2,18,19,20);2*1-2H3;. The Kier molecular flexibility index (Phi) is 8.86. The Balaban J connectivity index is 0.000000686. The highest BCUT2D eigenvalue weighted by molar-refractivity contribution is 5.98. The first-order valence-electron chi connectivity index (χ1n) is 9.69. The summed E-state index contributed by atoms with van der Waals surface area (Å²) in [6.45, 7) is 10.9. The molecular weight excluding hydrogens is 333 g/mol. The molecule has 0 saturated carbocycles. The number of allylic oxidation sites excluding steroid dienone is 5. The first-order chi connectivity index (χ1) is 12.8. The van der Waals surface area contributed by atoms with Crippen LogP contribution in [0.2, 0.25) is 0 Å². The van der Waals surface area contributed by atoms with Crippen LogP contribution in [0, 0.1) is 11.8 Å². The molecule has 0 aromatic carbocycles. The molecule has 0 bridgehead atoms. The van der Waals surface area contributed by atoms with Crippen LogP contribution in [0.15, 0.2) is 48.6 Å². The summed E-state index contributed by atoms with van der Waals surface area (Å²) in [5.41, 5.74) is 9.19. The van der Waals surface area contributed by atoms with E-state index in [-0.39, 0.29) is 8.41 Å². The highest BCUT2D eigenvalue weighted by atomic mass is 15.1. The van der Waals surface area contributed by atoms with E-state index in [1.165, 1.54) is 12.0 Å². The normalized spacial score (nSPS) is 19.1. The maximum Gasteiger partial charge on any atom is 0.147 e. The number of hydrogen-bond acceptors (Lipinski definition) is 4. The van der Waals surface area contributed by atoms with E-state index in [9.17, 15) is 0 Å². The van der Waals surface area contributed by atoms with Crippen molar-refractivity contribution in [3.63, 3.8) is 0 Å². The molecule has 2 aliphatic carbocycles. The summed E-state index contributed by atoms with van der Waals surface area (Å²) in [4.78, 5) is 8.52. The fraction of sp³-hybridized carbons (Fsp3) is 0.429. The Labute approximate surface area is 165 Å². The number of hydrogen-bond donors (Lipinski definition) is 2. The minimum atomic E-state index is 0. The van der Waals surface area contributed by atoms with Gasteiger partial charge in [0.1, 0.15) is 17.8 Å². The molecule has 2 aromatic heterocycles. The second-order valence-electron chi connectivity index (χ2n) is 5.77. The number of nitrogens with zero attached hydrogens (tertiary/aromatic N) is 3. The number of fused-ring (bicyclic) bond motifs is 2. The molecule has 0 amide bonds. The van der Waals surface area contributed by atoms with Gasteiger partial charge in [0.2, 0.25) is 0 Å². The second kappa shape index (κ2) is 10.6. The van der Waals surface area contributed by atoms with Crippen LogP contribution in [0.5, 0.6) is 0 Å². The van der Waals surface area contributed by atoms with Crippen LogP contribution in [0.25, 0.3) is 11.0 Å². The first kappa shape index (κ1) is 22.5. The summed E-state index contributed by atoms with van der Waals surface area (Å²) in [5.74, 6) is 1.52. The third-order valence-corrected chi connectivity index (χ3v) is 4.52. The third kappa shape index (κ3) is 4.44. The number of rotatable bonds is 3. The number of anilines is 2. The topological polar surface area (TPSA) is 68.8 Å². The summed E-state index contributed by atoms with van der Waals surface area (Å²) in [6.07, 6.45) is 15.7. The van der Waals surface area contributed by atoms with Gasteiger partial charge in [0.05, 0.1) is 11.1 Å². The van der Waals surface area contributed by atoms with Crippen molar-refractivity contribution in [2.45, 2.75) is 47.6 Å². The molecule has 2 aliphatic rings. The van der Waals surface area contributed by atoms with Crippen molar-refractivity contribution in [2.24, 2.45) is 11.8 Å². The van der Waals surface area contributed by atoms with Crippen LogP contribution in [0.4, 0.5) is 11.5 Å². The lowest BCUT2D eigenvalue weighted by Crippen LogP contribution is -2.13. The van der Waals surface area contributed by atoms with E-state index in [2.05, 4.69) is 63.4 Å². The van der Waals surface area contributed by atoms with Gasteiger partial charge in [-0.3, -0.25) is 0 Å². The zero-order valence-corrected chi connectivity index (χ0v) is 17.1. The fourth-order valence-corrected chi connectivity index (χ4v) is 3.38. The molecule has 6 heteroatoms. The van der Waals surface area contributed by atoms with Gasteiger partial charge < -0.3 is 15.6 Å². The molecule has 143 valence electrons. The van der Waals surface area contributed by atoms with Crippen LogP contribution >= 0.6 is 0 Å². The van der Waals surface area contributed by atoms with E-state index in [1.807, 2.05) is 27.7 Å². The molecule has 4 rings (SSSR count). The first-order valence-corrected chi connectivity index (χ1v) is 9.69. The van der Waals surface area contributed by atoms with Gasteiger partial charge in [-0.25, -0.2) is 9.97 Å². The molecule has 2 aromatic rings. The molecule has 2 unspecified atom stereocenters. The molecule has 0 spiro atoms. The van der Waals surface area contributed by atoms with Crippen molar-refractivity contribution in [3.8, 4) is 0 Å². The molecular formula is C21H31BN5. The Morgan fingerprint density at radius 1 is 1.15 bits per heavy atom. The number of nitrogens with one attached hydrogen (secondary N) is 1. The zero-order valence-electron chi connectivity index (χ0n) is 17.1. The minimum Gasteiger partial charge on any atom is -0.383 e. The largest absolute Gasteiger partial charge is 0.383 e. The van der Waals surface area contributed by atoms with E-state index < -0.39 is 0 Å². The highest BCUT2D eigenvalue weighted by Crippen LogP contribution is 2.38. The molecule has 27 heavy (non-hydrogen) atoms. The van der Waals surface area contributed by atoms with Gasteiger partial charge >= 0.3 is 0 Å². The number of nitrogen functional groups attached to an aromatic ring is 1. The van der Waals surface area contributed by atoms with Gasteiger partial charge in [-0.05, 0) is 19.3 Å². The third-order valence-electron chi connectivity index (χ3n) is 4.52. The summed E-state index contributed by atoms with van der Waals surface area (Å²) in [5, 5.41) is 4.48. The zero-order chi connectivity index (χ0) is 19.1. The highest BCUT2D eigenvalue weighted by Gasteiger charge is 2.28. The molecule has 3 radical (unpaired) electrons. The molecule has 3 N–H and O–H groups in total. The quantitative estimate of drug-likeness (QED) is 0.771. The van der Waals surface area contributed by atoms with E-state index >= 15 is 0 Å². The summed E-state index contributed by atoms with van der Waals surface area (Å²) < 4.78 is 2.10. The van der Waals surface area contributed by atoms with Gasteiger partial charge in [-0.2, -0.15) is 0 Å². The average Bonchev–Trinajstić information content (AvgIpc) is 3.28. The Morgan fingerprint density at radius 3 is 2.56 bits per heavy atom. The number of aryl methyl sites for hydroxylation is 1. The molecule has 0 fully saturated rings. The maximum absolute atomic E-state index is 6.08. The van der Waals surface area contributed by atoms with Gasteiger partial charge in [0.25, 0.3) is 0 Å². The van der Waals surface area contributed by atoms with Crippen LogP contribution in [0.3, 0.4) is 0 Å². The predicted octanol–water partition coefficient (Wildman–Crippen LogP) is 4.76. The smallest absolute Gasteiger partial charge is 0.147 e. The van der Waals surface area contributed by atoms with E-state index in [0.717, 1.165) is 29.7 Å². The van der Waals surface area contributed by atoms with Crippen molar-refractivity contribution in [3.05, 3.63) is 48.6 Å². The molecule has 2 heterocycles. The van der Waals surface area contributed by atoms with E-state index in [0.29, 0.717) is 17.7 Å². The fourth-order valence-electron chi connectivity index (χ4n) is 3.38. The number of nitrogens with two attached hydrogens (primary N) is 1. The van der Waals surface area contributed by atoms with E-state index in [4.69, 9.17) is 5.73 Å². The monoisotopic (exact) mass is 364 g/mol. The second-order valence-corrected chi connectivity index (χ2v) is 5.77. The van der Waals surface area contributed by atoms with Crippen molar-refractivity contribution in [2.75, 3.05) is 11.1 Å².